The summed E-state index contributed by atoms with van der Waals surface area (Å²) < 4.78 is 0. The molecule has 19 heavy (non-hydrogen) atoms. The van der Waals surface area contributed by atoms with Crippen LogP contribution < -0.4 is 0 Å². The molecule has 1 aromatic carbocycles. The van der Waals surface area contributed by atoms with Crippen molar-refractivity contribution in [1.29, 1.82) is 0 Å². The number of para-hydroxylation sites is 1. The third-order valence-electron chi connectivity index (χ3n) is 2.75. The molecular weight excluding hydrogens is 232 g/mol. The Bertz CT molecular complexity index is 595. The molecule has 0 aliphatic carbocycles. The van der Waals surface area contributed by atoms with Crippen LogP contribution in [0.3, 0.4) is 0 Å². The van der Waals surface area contributed by atoms with Crippen LogP contribution in [-0.2, 0) is 0 Å². The molecule has 1 heterocycles. The summed E-state index contributed by atoms with van der Waals surface area (Å²) in [5.41, 5.74) is 4.35. The van der Waals surface area contributed by atoms with E-state index in [9.17, 15) is 0 Å². The largest absolute Gasteiger partial charge is 0.296 e. The molecule has 0 saturated heterocycles. The molecule has 0 radical (unpaired) electrons. The Hall–Kier alpha value is -1.96. The molecular formula is C17H22N2. The summed E-state index contributed by atoms with van der Waals surface area (Å²) >= 11 is 0. The van der Waals surface area contributed by atoms with E-state index in [0.717, 1.165) is 16.8 Å². The lowest BCUT2D eigenvalue weighted by Gasteiger charge is -2.09. The fraction of sp³-hybridized carbons (Fsp3) is 0.294. The second kappa shape index (κ2) is 7.47. The fourth-order valence-electron chi connectivity index (χ4n) is 2.02. The van der Waals surface area contributed by atoms with Crippen molar-refractivity contribution in [1.82, 2.24) is 4.98 Å². The van der Waals surface area contributed by atoms with Gasteiger partial charge in [-0.1, -0.05) is 44.2 Å². The average Bonchev–Trinajstić information content (AvgIpc) is 2.45. The molecule has 2 aromatic rings. The van der Waals surface area contributed by atoms with Gasteiger partial charge in [0.1, 0.15) is 0 Å². The van der Waals surface area contributed by atoms with Crippen LogP contribution in [0.15, 0.2) is 35.3 Å². The first-order chi connectivity index (χ1) is 9.27. The second-order valence-corrected chi connectivity index (χ2v) is 3.93. The van der Waals surface area contributed by atoms with Gasteiger partial charge in [-0.25, -0.2) is 0 Å². The van der Waals surface area contributed by atoms with Gasteiger partial charge in [0.15, 0.2) is 0 Å². The summed E-state index contributed by atoms with van der Waals surface area (Å²) in [6.07, 6.45) is 6.05. The summed E-state index contributed by atoms with van der Waals surface area (Å²) in [6, 6.07) is 8.20. The summed E-state index contributed by atoms with van der Waals surface area (Å²) in [4.78, 5) is 8.73. The number of allylic oxidation sites excluding steroid dienone is 1. The van der Waals surface area contributed by atoms with E-state index in [4.69, 9.17) is 0 Å². The van der Waals surface area contributed by atoms with Gasteiger partial charge in [0.2, 0.25) is 0 Å². The number of pyridine rings is 1. The molecule has 0 bridgehead atoms. The van der Waals surface area contributed by atoms with Gasteiger partial charge in [-0.3, -0.25) is 9.98 Å². The van der Waals surface area contributed by atoms with Crippen LogP contribution in [0.4, 0.5) is 0 Å². The predicted octanol–water partition coefficient (Wildman–Crippen LogP) is 4.65. The second-order valence-electron chi connectivity index (χ2n) is 3.93. The third-order valence-corrected chi connectivity index (χ3v) is 2.75. The van der Waals surface area contributed by atoms with E-state index in [2.05, 4.69) is 22.1 Å². The topological polar surface area (TPSA) is 25.2 Å². The van der Waals surface area contributed by atoms with Crippen molar-refractivity contribution in [3.8, 4) is 0 Å². The molecule has 2 heteroatoms. The van der Waals surface area contributed by atoms with Crippen molar-refractivity contribution < 1.29 is 0 Å². The normalized spacial score (nSPS) is 11.0. The average molecular weight is 254 g/mol. The van der Waals surface area contributed by atoms with E-state index in [1.165, 1.54) is 10.9 Å². The molecule has 0 aliphatic heterocycles. The monoisotopic (exact) mass is 254 g/mol. The Labute approximate surface area is 115 Å². The quantitative estimate of drug-likeness (QED) is 0.716. The van der Waals surface area contributed by atoms with Crippen LogP contribution in [0.2, 0.25) is 0 Å². The maximum absolute atomic E-state index is 4.61. The van der Waals surface area contributed by atoms with Crippen molar-refractivity contribution in [3.63, 3.8) is 0 Å². The molecule has 2 rings (SSSR count). The van der Waals surface area contributed by atoms with E-state index in [-0.39, 0.29) is 0 Å². The minimum atomic E-state index is 1.02. The highest BCUT2D eigenvalue weighted by atomic mass is 14.7. The van der Waals surface area contributed by atoms with E-state index >= 15 is 0 Å². The van der Waals surface area contributed by atoms with Gasteiger partial charge in [-0.2, -0.15) is 0 Å². The molecule has 0 spiro atoms. The lowest BCUT2D eigenvalue weighted by molar-refractivity contribution is 1.24. The number of hydrogen-bond acceptors (Lipinski definition) is 2. The molecule has 0 fully saturated rings. The molecule has 100 valence electrons. The van der Waals surface area contributed by atoms with Crippen LogP contribution in [0.5, 0.6) is 0 Å². The SMILES string of the molecule is C/C=C\c1c(C=NC)c(C)nc2ccccc12.CC. The van der Waals surface area contributed by atoms with E-state index in [1.54, 1.807) is 7.05 Å². The highest BCUT2D eigenvalue weighted by Crippen LogP contribution is 2.23. The molecule has 0 amide bonds. The smallest absolute Gasteiger partial charge is 0.0711 e. The van der Waals surface area contributed by atoms with Gasteiger partial charge in [0.25, 0.3) is 0 Å². The minimum Gasteiger partial charge on any atom is -0.296 e. The van der Waals surface area contributed by atoms with Gasteiger partial charge < -0.3 is 0 Å². The molecule has 0 aliphatic rings. The lowest BCUT2D eigenvalue weighted by Crippen LogP contribution is -1.97. The zero-order chi connectivity index (χ0) is 14.3. The first kappa shape index (κ1) is 15.1. The maximum Gasteiger partial charge on any atom is 0.0711 e. The Morgan fingerprint density at radius 2 is 1.79 bits per heavy atom. The molecule has 0 unspecified atom stereocenters. The van der Waals surface area contributed by atoms with Crippen LogP contribution in [0.25, 0.3) is 17.0 Å². The number of benzene rings is 1. The van der Waals surface area contributed by atoms with E-state index in [0.29, 0.717) is 0 Å². The van der Waals surface area contributed by atoms with E-state index < -0.39 is 0 Å². The van der Waals surface area contributed by atoms with E-state index in [1.807, 2.05) is 58.2 Å². The van der Waals surface area contributed by atoms with Gasteiger partial charge in [-0.05, 0) is 25.5 Å². The van der Waals surface area contributed by atoms with Gasteiger partial charge in [0.05, 0.1) is 5.52 Å². The highest BCUT2D eigenvalue weighted by molar-refractivity contribution is 5.98. The Morgan fingerprint density at radius 1 is 1.11 bits per heavy atom. The minimum absolute atomic E-state index is 1.02. The number of aliphatic imine (C=N–C) groups is 1. The van der Waals surface area contributed by atoms with Crippen molar-refractivity contribution in [2.75, 3.05) is 7.05 Å². The number of aromatic nitrogens is 1. The summed E-state index contributed by atoms with van der Waals surface area (Å²) in [5, 5.41) is 1.17. The standard InChI is InChI=1S/C15H16N2.C2H6/c1-4-7-12-13-8-5-6-9-15(13)17-11(2)14(12)10-16-3;1-2/h4-10H,1-3H3;1-2H3/b7-4-,16-10?;. The molecule has 2 nitrogen and oxygen atoms in total. The van der Waals surface area contributed by atoms with Crippen LogP contribution in [0.1, 0.15) is 37.6 Å². The molecule has 0 atom stereocenters. The van der Waals surface area contributed by atoms with Crippen molar-refractivity contribution in [2.24, 2.45) is 4.99 Å². The number of hydrogen-bond donors (Lipinski definition) is 0. The maximum atomic E-state index is 4.61. The highest BCUT2D eigenvalue weighted by Gasteiger charge is 2.07. The number of rotatable bonds is 2. The zero-order valence-corrected chi connectivity index (χ0v) is 12.4. The molecule has 1 aromatic heterocycles. The van der Waals surface area contributed by atoms with Crippen molar-refractivity contribution in [3.05, 3.63) is 47.2 Å². The number of fused-ring (bicyclic) bond motifs is 1. The predicted molar refractivity (Wildman–Crippen MR) is 86.1 cm³/mol. The van der Waals surface area contributed by atoms with Gasteiger partial charge >= 0.3 is 0 Å². The Kier molecular flexibility index (Phi) is 5.94. The Balaban J connectivity index is 0.000000861. The van der Waals surface area contributed by atoms with Crippen LogP contribution in [0, 0.1) is 6.92 Å². The third kappa shape index (κ3) is 3.28. The molecule has 0 saturated carbocycles. The van der Waals surface area contributed by atoms with Gasteiger partial charge in [-0.15, -0.1) is 0 Å². The first-order valence-electron chi connectivity index (χ1n) is 6.72. The van der Waals surface area contributed by atoms with Crippen molar-refractivity contribution >= 4 is 23.2 Å². The van der Waals surface area contributed by atoms with Crippen LogP contribution >= 0.6 is 0 Å². The first-order valence-corrected chi connectivity index (χ1v) is 6.72. The fourth-order valence-corrected chi connectivity index (χ4v) is 2.02. The lowest BCUT2D eigenvalue weighted by atomic mass is 10.0. The van der Waals surface area contributed by atoms with Crippen molar-refractivity contribution in [2.45, 2.75) is 27.7 Å². The van der Waals surface area contributed by atoms with Crippen LogP contribution in [-0.4, -0.2) is 18.2 Å². The zero-order valence-electron chi connectivity index (χ0n) is 12.4. The summed E-state index contributed by atoms with van der Waals surface area (Å²) in [5.74, 6) is 0. The number of nitrogens with zero attached hydrogens (tertiary/aromatic N) is 2. The summed E-state index contributed by atoms with van der Waals surface area (Å²) in [6.45, 7) is 8.05. The van der Waals surface area contributed by atoms with Gasteiger partial charge in [0, 0.05) is 29.9 Å². The number of aryl methyl sites for hydroxylation is 1. The Morgan fingerprint density at radius 3 is 2.42 bits per heavy atom. The molecule has 0 N–H and O–H groups in total. The summed E-state index contributed by atoms with van der Waals surface area (Å²) in [7, 11) is 1.79.